The third-order valence-corrected chi connectivity index (χ3v) is 8.02. The Morgan fingerprint density at radius 1 is 1.13 bits per heavy atom. The predicted octanol–water partition coefficient (Wildman–Crippen LogP) is 3.14. The zero-order chi connectivity index (χ0) is 27.2. The van der Waals surface area contributed by atoms with Gasteiger partial charge in [0.1, 0.15) is 6.04 Å². The summed E-state index contributed by atoms with van der Waals surface area (Å²) in [5, 5.41) is 9.78. The molecule has 0 spiro atoms. The minimum absolute atomic E-state index is 0.0506. The Labute approximate surface area is 216 Å². The van der Waals surface area contributed by atoms with Crippen molar-refractivity contribution in [3.8, 4) is 17.1 Å². The first-order chi connectivity index (χ1) is 18.0. The van der Waals surface area contributed by atoms with Crippen LogP contribution in [0.15, 0.2) is 18.3 Å². The molecule has 0 radical (unpaired) electrons. The Kier molecular flexibility index (Phi) is 7.05. The fraction of sp³-hybridized carbons (Fsp3) is 0.600. The van der Waals surface area contributed by atoms with Gasteiger partial charge in [-0.15, -0.1) is 0 Å². The third kappa shape index (κ3) is 5.07. The molecule has 206 valence electrons. The third-order valence-electron chi connectivity index (χ3n) is 8.02. The van der Waals surface area contributed by atoms with Crippen LogP contribution in [0.3, 0.4) is 0 Å². The Morgan fingerprint density at radius 3 is 2.47 bits per heavy atom. The number of carbonyl (C=O) groups excluding carboxylic acids is 2. The van der Waals surface area contributed by atoms with Crippen LogP contribution >= 0.6 is 0 Å². The number of methoxy groups -OCH3 is 1. The number of rotatable bonds is 5. The van der Waals surface area contributed by atoms with E-state index < -0.39 is 18.0 Å². The summed E-state index contributed by atoms with van der Waals surface area (Å²) >= 11 is 0. The molecule has 5 heterocycles. The molecule has 13 heteroatoms. The van der Waals surface area contributed by atoms with Gasteiger partial charge in [-0.2, -0.15) is 18.3 Å². The molecule has 3 fully saturated rings. The van der Waals surface area contributed by atoms with Crippen molar-refractivity contribution < 1.29 is 31.9 Å². The molecule has 5 rings (SSSR count). The molecular weight excluding hydrogens is 508 g/mol. The van der Waals surface area contributed by atoms with Gasteiger partial charge in [-0.3, -0.25) is 19.6 Å². The molecular formula is C25H30F4N6O3. The standard InChI is InChI=1S/C25H30F4N6O3/c1-34-12-14(3-6-21(34)25(27,28)29)31-23(36)13-7-15-4-5-16(8-13)35(15)24(37)20-10-19(32-33-20)17-9-22(38-2)30-11-18(17)26/h9-11,13-16,21H,3-8,12H2,1-2H3,(H,31,36)(H,32,33)/t13?,14-,15-,16+,21-/m1/s1. The molecule has 0 aromatic carbocycles. The van der Waals surface area contributed by atoms with E-state index in [1.165, 1.54) is 31.2 Å². The lowest BCUT2D eigenvalue weighted by Gasteiger charge is -2.40. The minimum atomic E-state index is -4.28. The molecule has 2 aromatic heterocycles. The highest BCUT2D eigenvalue weighted by atomic mass is 19.4. The maximum Gasteiger partial charge on any atom is 0.404 e. The van der Waals surface area contributed by atoms with Crippen molar-refractivity contribution in [2.75, 3.05) is 20.7 Å². The summed E-state index contributed by atoms with van der Waals surface area (Å²) in [7, 11) is 2.85. The van der Waals surface area contributed by atoms with Crippen LogP contribution in [0.5, 0.6) is 5.88 Å². The fourth-order valence-corrected chi connectivity index (χ4v) is 6.16. The summed E-state index contributed by atoms with van der Waals surface area (Å²) in [5.74, 6) is -1.12. The van der Waals surface area contributed by atoms with E-state index in [4.69, 9.17) is 4.74 Å². The number of nitrogens with one attached hydrogen (secondary N) is 2. The number of likely N-dealkylation sites (N-methyl/N-ethyl adjacent to an activating group) is 1. The number of aromatic nitrogens is 3. The zero-order valence-electron chi connectivity index (χ0n) is 21.1. The molecule has 3 aliphatic rings. The van der Waals surface area contributed by atoms with Crippen LogP contribution in [-0.2, 0) is 4.79 Å². The molecule has 2 N–H and O–H groups in total. The van der Waals surface area contributed by atoms with Crippen LogP contribution in [0, 0.1) is 11.7 Å². The Bertz CT molecular complexity index is 1190. The van der Waals surface area contributed by atoms with Gasteiger partial charge in [0.2, 0.25) is 11.8 Å². The van der Waals surface area contributed by atoms with Crippen LogP contribution in [0.25, 0.3) is 11.3 Å². The van der Waals surface area contributed by atoms with E-state index in [0.717, 1.165) is 19.0 Å². The van der Waals surface area contributed by atoms with Crippen molar-refractivity contribution in [3.63, 3.8) is 0 Å². The van der Waals surface area contributed by atoms with Crippen molar-refractivity contribution in [2.45, 2.75) is 68.9 Å². The number of alkyl halides is 3. The Morgan fingerprint density at radius 2 is 1.84 bits per heavy atom. The van der Waals surface area contributed by atoms with Crippen LogP contribution < -0.4 is 10.1 Å². The number of carbonyl (C=O) groups is 2. The molecule has 3 saturated heterocycles. The van der Waals surface area contributed by atoms with Gasteiger partial charge in [-0.25, -0.2) is 9.37 Å². The van der Waals surface area contributed by atoms with E-state index in [0.29, 0.717) is 18.5 Å². The van der Waals surface area contributed by atoms with Crippen molar-refractivity contribution in [3.05, 3.63) is 29.8 Å². The maximum atomic E-state index is 14.3. The van der Waals surface area contributed by atoms with E-state index >= 15 is 0 Å². The van der Waals surface area contributed by atoms with Gasteiger partial charge in [0.15, 0.2) is 11.5 Å². The number of piperidine rings is 2. The fourth-order valence-electron chi connectivity index (χ4n) is 6.16. The van der Waals surface area contributed by atoms with E-state index in [1.54, 1.807) is 4.90 Å². The average molecular weight is 539 g/mol. The summed E-state index contributed by atoms with van der Waals surface area (Å²) in [5.41, 5.74) is 0.648. The molecule has 0 aliphatic carbocycles. The number of H-pyrrole nitrogens is 1. The normalized spacial score (nSPS) is 27.8. The topological polar surface area (TPSA) is 103 Å². The van der Waals surface area contributed by atoms with Crippen LogP contribution in [-0.4, -0.2) is 87.8 Å². The molecule has 3 aliphatic heterocycles. The number of fused-ring (bicyclic) bond motifs is 2. The van der Waals surface area contributed by atoms with Gasteiger partial charge in [0.25, 0.3) is 5.91 Å². The number of hydrogen-bond acceptors (Lipinski definition) is 6. The summed E-state index contributed by atoms with van der Waals surface area (Å²) in [4.78, 5) is 33.2. The van der Waals surface area contributed by atoms with Crippen molar-refractivity contribution >= 4 is 11.8 Å². The SMILES string of the molecule is COc1cc(-c2cc(C(=O)N3[C@@H]4CC[C@H]3CC(C(=O)N[C@@H]3CC[C@H](C(F)(F)F)N(C)C3)C4)n[nH]2)c(F)cn1. The molecule has 2 bridgehead atoms. The quantitative estimate of drug-likeness (QED) is 0.567. The number of nitrogens with zero attached hydrogens (tertiary/aromatic N) is 4. The van der Waals surface area contributed by atoms with Gasteiger partial charge in [0, 0.05) is 42.2 Å². The van der Waals surface area contributed by atoms with Gasteiger partial charge < -0.3 is 15.0 Å². The zero-order valence-corrected chi connectivity index (χ0v) is 21.1. The van der Waals surface area contributed by atoms with E-state index in [-0.39, 0.29) is 72.4 Å². The number of ether oxygens (including phenoxy) is 1. The molecule has 1 unspecified atom stereocenters. The summed E-state index contributed by atoms with van der Waals surface area (Å²) < 4.78 is 58.8. The molecule has 38 heavy (non-hydrogen) atoms. The highest BCUT2D eigenvalue weighted by Crippen LogP contribution is 2.40. The lowest BCUT2D eigenvalue weighted by atomic mass is 9.89. The second-order valence-electron chi connectivity index (χ2n) is 10.4. The highest BCUT2D eigenvalue weighted by molar-refractivity contribution is 5.94. The number of aromatic amines is 1. The van der Waals surface area contributed by atoms with Crippen molar-refractivity contribution in [1.29, 1.82) is 0 Å². The Balaban J connectivity index is 1.21. The van der Waals surface area contributed by atoms with Crippen molar-refractivity contribution in [2.24, 2.45) is 5.92 Å². The first-order valence-electron chi connectivity index (χ1n) is 12.7. The molecule has 2 amide bonds. The predicted molar refractivity (Wildman–Crippen MR) is 128 cm³/mol. The first kappa shape index (κ1) is 26.4. The number of pyridine rings is 1. The van der Waals surface area contributed by atoms with Gasteiger partial charge in [-0.05, 0) is 51.6 Å². The van der Waals surface area contributed by atoms with Crippen LogP contribution in [0.1, 0.15) is 49.0 Å². The second-order valence-corrected chi connectivity index (χ2v) is 10.4. The summed E-state index contributed by atoms with van der Waals surface area (Å²) in [6.45, 7) is 0.144. The van der Waals surface area contributed by atoms with E-state index in [9.17, 15) is 27.2 Å². The summed E-state index contributed by atoms with van der Waals surface area (Å²) in [6.07, 6.45) is -0.547. The summed E-state index contributed by atoms with van der Waals surface area (Å²) in [6, 6.07) is 0.806. The van der Waals surface area contributed by atoms with Gasteiger partial charge >= 0.3 is 6.18 Å². The minimum Gasteiger partial charge on any atom is -0.481 e. The van der Waals surface area contributed by atoms with E-state index in [1.807, 2.05) is 0 Å². The highest BCUT2D eigenvalue weighted by Gasteiger charge is 2.47. The monoisotopic (exact) mass is 538 g/mol. The first-order valence-corrected chi connectivity index (χ1v) is 12.7. The molecule has 2 aromatic rings. The molecule has 9 nitrogen and oxygen atoms in total. The second kappa shape index (κ2) is 10.2. The average Bonchev–Trinajstić information content (AvgIpc) is 3.45. The van der Waals surface area contributed by atoms with Crippen LogP contribution in [0.4, 0.5) is 17.6 Å². The van der Waals surface area contributed by atoms with Crippen molar-refractivity contribution in [1.82, 2.24) is 30.3 Å². The molecule has 0 saturated carbocycles. The van der Waals surface area contributed by atoms with Crippen LogP contribution in [0.2, 0.25) is 0 Å². The lowest BCUT2D eigenvalue weighted by molar-refractivity contribution is -0.188. The van der Waals surface area contributed by atoms with Gasteiger partial charge in [-0.1, -0.05) is 0 Å². The van der Waals surface area contributed by atoms with Gasteiger partial charge in [0.05, 0.1) is 19.0 Å². The number of hydrogen-bond donors (Lipinski definition) is 2. The Hall–Kier alpha value is -3.22. The molecule has 5 atom stereocenters. The van der Waals surface area contributed by atoms with E-state index in [2.05, 4.69) is 20.5 Å². The number of halogens is 4. The number of likely N-dealkylation sites (tertiary alicyclic amines) is 1. The smallest absolute Gasteiger partial charge is 0.404 e. The lowest BCUT2D eigenvalue weighted by Crippen LogP contribution is -2.56. The largest absolute Gasteiger partial charge is 0.481 e. The maximum absolute atomic E-state index is 14.3. The number of amides is 2.